The van der Waals surface area contributed by atoms with Crippen LogP contribution in [-0.2, 0) is 13.0 Å². The first-order valence-electron chi connectivity index (χ1n) is 9.05. The van der Waals surface area contributed by atoms with Gasteiger partial charge in [0.15, 0.2) is 0 Å². The molecule has 0 radical (unpaired) electrons. The Morgan fingerprint density at radius 3 is 2.42 bits per heavy atom. The number of hydrogen-bond donors (Lipinski definition) is 0. The molecule has 2 aliphatic rings. The second-order valence-electron chi connectivity index (χ2n) is 7.19. The smallest absolute Gasteiger partial charge is 0.0481 e. The van der Waals surface area contributed by atoms with Crippen molar-refractivity contribution in [3.05, 3.63) is 88.6 Å². The SMILES string of the molecule is CC(C)c1ccc(N2Cc3ccccc3CC3=C2CCC=C3)cc1. The lowest BCUT2D eigenvalue weighted by molar-refractivity contribution is 0.817. The number of hydrogen-bond acceptors (Lipinski definition) is 1. The number of benzene rings is 2. The summed E-state index contributed by atoms with van der Waals surface area (Å²) < 4.78 is 0. The lowest BCUT2D eigenvalue weighted by Crippen LogP contribution is -2.23. The van der Waals surface area contributed by atoms with Crippen molar-refractivity contribution in [1.82, 2.24) is 0 Å². The monoisotopic (exact) mass is 315 g/mol. The quantitative estimate of drug-likeness (QED) is 0.659. The van der Waals surface area contributed by atoms with Gasteiger partial charge in [0.1, 0.15) is 0 Å². The summed E-state index contributed by atoms with van der Waals surface area (Å²) in [5.41, 5.74) is 8.64. The van der Waals surface area contributed by atoms with Crippen molar-refractivity contribution in [2.24, 2.45) is 0 Å². The summed E-state index contributed by atoms with van der Waals surface area (Å²) >= 11 is 0. The Kier molecular flexibility index (Phi) is 4.02. The molecule has 0 saturated heterocycles. The standard InChI is InChI=1S/C23H25N/c1-17(2)18-11-13-22(14-12-18)24-16-21-9-4-3-7-19(21)15-20-8-5-6-10-23(20)24/h3-5,7-9,11-14,17H,6,10,15-16H2,1-2H3. The molecule has 0 N–H and O–H groups in total. The highest BCUT2D eigenvalue weighted by Gasteiger charge is 2.23. The van der Waals surface area contributed by atoms with Crippen molar-refractivity contribution in [3.8, 4) is 0 Å². The van der Waals surface area contributed by atoms with Gasteiger partial charge in [0.2, 0.25) is 0 Å². The maximum absolute atomic E-state index is 2.54. The van der Waals surface area contributed by atoms with E-state index >= 15 is 0 Å². The number of fused-ring (bicyclic) bond motifs is 1. The molecule has 1 aliphatic carbocycles. The van der Waals surface area contributed by atoms with E-state index in [1.165, 1.54) is 33.6 Å². The minimum Gasteiger partial charge on any atom is -0.340 e. The Morgan fingerprint density at radius 1 is 0.917 bits per heavy atom. The van der Waals surface area contributed by atoms with Crippen LogP contribution < -0.4 is 4.90 Å². The molecule has 1 aliphatic heterocycles. The van der Waals surface area contributed by atoms with Gasteiger partial charge in [0.25, 0.3) is 0 Å². The van der Waals surface area contributed by atoms with E-state index in [2.05, 4.69) is 79.4 Å². The molecule has 0 amide bonds. The van der Waals surface area contributed by atoms with E-state index in [4.69, 9.17) is 0 Å². The minimum absolute atomic E-state index is 0.580. The average molecular weight is 315 g/mol. The summed E-state index contributed by atoms with van der Waals surface area (Å²) in [5.74, 6) is 0.580. The number of nitrogens with zero attached hydrogens (tertiary/aromatic N) is 1. The lowest BCUT2D eigenvalue weighted by Gasteiger charge is -2.29. The van der Waals surface area contributed by atoms with Crippen LogP contribution in [0.2, 0.25) is 0 Å². The van der Waals surface area contributed by atoms with E-state index < -0.39 is 0 Å². The van der Waals surface area contributed by atoms with Gasteiger partial charge in [-0.05, 0) is 59.6 Å². The van der Waals surface area contributed by atoms with E-state index in [9.17, 15) is 0 Å². The molecule has 0 spiro atoms. The first-order chi connectivity index (χ1) is 11.7. The Bertz CT molecular complexity index is 793. The zero-order valence-electron chi connectivity index (χ0n) is 14.6. The number of rotatable bonds is 2. The van der Waals surface area contributed by atoms with E-state index in [1.54, 1.807) is 0 Å². The first-order valence-corrected chi connectivity index (χ1v) is 9.05. The number of anilines is 1. The highest BCUT2D eigenvalue weighted by atomic mass is 15.1. The first kappa shape index (κ1) is 15.3. The third kappa shape index (κ3) is 2.80. The highest BCUT2D eigenvalue weighted by molar-refractivity contribution is 5.58. The van der Waals surface area contributed by atoms with Crippen LogP contribution in [0, 0.1) is 0 Å². The van der Waals surface area contributed by atoms with Crippen molar-refractivity contribution in [1.29, 1.82) is 0 Å². The summed E-state index contributed by atoms with van der Waals surface area (Å²) in [4.78, 5) is 2.54. The molecule has 122 valence electrons. The van der Waals surface area contributed by atoms with Gasteiger partial charge >= 0.3 is 0 Å². The highest BCUT2D eigenvalue weighted by Crippen LogP contribution is 2.35. The topological polar surface area (TPSA) is 3.24 Å². The molecule has 0 fully saturated rings. The fourth-order valence-electron chi connectivity index (χ4n) is 3.81. The molecule has 0 aromatic heterocycles. The van der Waals surface area contributed by atoms with Crippen LogP contribution in [0.15, 0.2) is 72.0 Å². The van der Waals surface area contributed by atoms with Gasteiger partial charge in [0.05, 0.1) is 0 Å². The molecule has 4 rings (SSSR count). The summed E-state index contributed by atoms with van der Waals surface area (Å²) in [6, 6.07) is 18.1. The molecular weight excluding hydrogens is 290 g/mol. The molecule has 0 saturated carbocycles. The van der Waals surface area contributed by atoms with Gasteiger partial charge in [-0.3, -0.25) is 0 Å². The van der Waals surface area contributed by atoms with Gasteiger partial charge in [-0.2, -0.15) is 0 Å². The van der Waals surface area contributed by atoms with Crippen LogP contribution in [-0.4, -0.2) is 0 Å². The Balaban J connectivity index is 1.78. The summed E-state index contributed by atoms with van der Waals surface area (Å²) in [6.07, 6.45) is 8.02. The van der Waals surface area contributed by atoms with E-state index in [0.29, 0.717) is 5.92 Å². The number of allylic oxidation sites excluding steroid dienone is 4. The molecule has 24 heavy (non-hydrogen) atoms. The molecule has 0 unspecified atom stereocenters. The summed E-state index contributed by atoms with van der Waals surface area (Å²) in [5, 5.41) is 0. The fraction of sp³-hybridized carbons (Fsp3) is 0.304. The molecule has 0 bridgehead atoms. The Morgan fingerprint density at radius 2 is 1.67 bits per heavy atom. The van der Waals surface area contributed by atoms with Crippen molar-refractivity contribution in [2.75, 3.05) is 4.90 Å². The normalized spacial score (nSPS) is 16.9. The summed E-state index contributed by atoms with van der Waals surface area (Å²) in [6.45, 7) is 5.48. The Hall–Kier alpha value is -2.28. The van der Waals surface area contributed by atoms with Crippen LogP contribution in [0.4, 0.5) is 5.69 Å². The largest absolute Gasteiger partial charge is 0.340 e. The second kappa shape index (κ2) is 6.32. The van der Waals surface area contributed by atoms with Gasteiger partial charge in [-0.1, -0.05) is 62.4 Å². The lowest BCUT2D eigenvalue weighted by atomic mass is 9.96. The van der Waals surface area contributed by atoms with Crippen molar-refractivity contribution < 1.29 is 0 Å². The zero-order chi connectivity index (χ0) is 16.5. The van der Waals surface area contributed by atoms with E-state index in [1.807, 2.05) is 0 Å². The van der Waals surface area contributed by atoms with Gasteiger partial charge in [0, 0.05) is 17.9 Å². The van der Waals surface area contributed by atoms with Crippen molar-refractivity contribution >= 4 is 5.69 Å². The predicted octanol–water partition coefficient (Wildman–Crippen LogP) is 5.98. The molecule has 1 nitrogen and oxygen atoms in total. The van der Waals surface area contributed by atoms with E-state index in [0.717, 1.165) is 25.8 Å². The maximum atomic E-state index is 2.54. The van der Waals surface area contributed by atoms with Crippen LogP contribution in [0.5, 0.6) is 0 Å². The molecular formula is C23H25N. The fourth-order valence-corrected chi connectivity index (χ4v) is 3.81. The zero-order valence-corrected chi connectivity index (χ0v) is 14.6. The molecule has 1 heterocycles. The molecule has 2 aromatic carbocycles. The van der Waals surface area contributed by atoms with Crippen LogP contribution in [0.25, 0.3) is 0 Å². The average Bonchev–Trinajstić information content (AvgIpc) is 2.78. The molecule has 2 aromatic rings. The second-order valence-corrected chi connectivity index (χ2v) is 7.19. The van der Waals surface area contributed by atoms with Gasteiger partial charge < -0.3 is 4.90 Å². The summed E-state index contributed by atoms with van der Waals surface area (Å²) in [7, 11) is 0. The molecule has 1 heteroatoms. The van der Waals surface area contributed by atoms with Gasteiger partial charge in [-0.25, -0.2) is 0 Å². The van der Waals surface area contributed by atoms with Crippen molar-refractivity contribution in [3.63, 3.8) is 0 Å². The van der Waals surface area contributed by atoms with Crippen molar-refractivity contribution in [2.45, 2.75) is 45.6 Å². The van der Waals surface area contributed by atoms with Crippen LogP contribution in [0.1, 0.15) is 49.3 Å². The van der Waals surface area contributed by atoms with Gasteiger partial charge in [-0.15, -0.1) is 0 Å². The maximum Gasteiger partial charge on any atom is 0.0481 e. The third-order valence-electron chi connectivity index (χ3n) is 5.26. The van der Waals surface area contributed by atoms with Crippen LogP contribution >= 0.6 is 0 Å². The van der Waals surface area contributed by atoms with E-state index in [-0.39, 0.29) is 0 Å². The molecule has 0 atom stereocenters. The predicted molar refractivity (Wildman–Crippen MR) is 102 cm³/mol. The Labute approximate surface area is 145 Å². The van der Waals surface area contributed by atoms with Crippen LogP contribution in [0.3, 0.4) is 0 Å². The minimum atomic E-state index is 0.580. The third-order valence-corrected chi connectivity index (χ3v) is 5.26.